The van der Waals surface area contributed by atoms with Gasteiger partial charge in [-0.05, 0) is 12.8 Å². The Morgan fingerprint density at radius 2 is 1.15 bits per heavy atom. The van der Waals surface area contributed by atoms with E-state index in [2.05, 4.69) is 18.4 Å². The molecule has 0 aliphatic heterocycles. The first-order valence-corrected chi connectivity index (χ1v) is 11.4. The van der Waals surface area contributed by atoms with Crippen molar-refractivity contribution >= 4 is 0 Å². The molecular weight excluding hydrogens is 322 g/mol. The van der Waals surface area contributed by atoms with Gasteiger partial charge in [0.2, 0.25) is 0 Å². The van der Waals surface area contributed by atoms with Crippen LogP contribution in [-0.4, -0.2) is 47.5 Å². The molecule has 0 rings (SSSR count). The topological polar surface area (TPSA) is 43.7 Å². The summed E-state index contributed by atoms with van der Waals surface area (Å²) < 4.78 is 0. The summed E-state index contributed by atoms with van der Waals surface area (Å²) in [7, 11) is 0. The van der Waals surface area contributed by atoms with E-state index in [4.69, 9.17) is 0 Å². The molecule has 26 heavy (non-hydrogen) atoms. The van der Waals surface area contributed by atoms with Crippen molar-refractivity contribution in [3.8, 4) is 0 Å². The lowest BCUT2D eigenvalue weighted by atomic mass is 10.0. The van der Waals surface area contributed by atoms with E-state index in [0.717, 1.165) is 12.8 Å². The number of nitrogens with zero attached hydrogens (tertiary/aromatic N) is 1. The predicted octanol–water partition coefficient (Wildman–Crippen LogP) is 5.70. The number of unbranched alkanes of at least 4 members (excludes halogenated alkanes) is 12. The van der Waals surface area contributed by atoms with Gasteiger partial charge in [-0.25, -0.2) is 0 Å². The van der Waals surface area contributed by atoms with Crippen LogP contribution in [-0.2, 0) is 0 Å². The second kappa shape index (κ2) is 20.9. The summed E-state index contributed by atoms with van der Waals surface area (Å²) in [5, 5.41) is 18.4. The zero-order chi connectivity index (χ0) is 19.3. The smallest absolute Gasteiger partial charge is 0.0558 e. The van der Waals surface area contributed by atoms with Gasteiger partial charge in [-0.2, -0.15) is 0 Å². The third kappa shape index (κ3) is 15.8. The molecule has 0 saturated carbocycles. The van der Waals surface area contributed by atoms with Gasteiger partial charge < -0.3 is 10.2 Å². The third-order valence-electron chi connectivity index (χ3n) is 5.37. The van der Waals surface area contributed by atoms with E-state index in [-0.39, 0.29) is 13.2 Å². The van der Waals surface area contributed by atoms with Gasteiger partial charge in [0.05, 0.1) is 13.2 Å². The van der Waals surface area contributed by atoms with Crippen molar-refractivity contribution in [1.82, 2.24) is 4.90 Å². The largest absolute Gasteiger partial charge is 0.395 e. The van der Waals surface area contributed by atoms with Gasteiger partial charge in [0.15, 0.2) is 0 Å². The van der Waals surface area contributed by atoms with E-state index in [1.54, 1.807) is 0 Å². The summed E-state index contributed by atoms with van der Waals surface area (Å²) in [6, 6.07) is 0.416. The zero-order valence-corrected chi connectivity index (χ0v) is 17.6. The highest BCUT2D eigenvalue weighted by Crippen LogP contribution is 2.16. The molecule has 0 amide bonds. The minimum absolute atomic E-state index is 0.159. The summed E-state index contributed by atoms with van der Waals surface area (Å²) in [5.74, 6) is 0. The van der Waals surface area contributed by atoms with Gasteiger partial charge in [0, 0.05) is 19.1 Å². The van der Waals surface area contributed by atoms with Crippen LogP contribution in [0.5, 0.6) is 0 Å². The number of rotatable bonds is 21. The van der Waals surface area contributed by atoms with E-state index >= 15 is 0 Å². The summed E-state index contributed by atoms with van der Waals surface area (Å²) in [4.78, 5) is 2.21. The maximum Gasteiger partial charge on any atom is 0.0558 e. The summed E-state index contributed by atoms with van der Waals surface area (Å²) in [5.41, 5.74) is 0. The summed E-state index contributed by atoms with van der Waals surface area (Å²) in [6.45, 7) is 7.76. The van der Waals surface area contributed by atoms with Crippen LogP contribution in [0.15, 0.2) is 12.7 Å². The highest BCUT2D eigenvalue weighted by molar-refractivity contribution is 4.80. The number of aliphatic hydroxyl groups excluding tert-OH is 2. The van der Waals surface area contributed by atoms with Crippen molar-refractivity contribution in [2.75, 3.05) is 26.3 Å². The Morgan fingerprint density at radius 1 is 0.731 bits per heavy atom. The lowest BCUT2D eigenvalue weighted by Gasteiger charge is -2.30. The molecule has 1 unspecified atom stereocenters. The monoisotopic (exact) mass is 369 g/mol. The van der Waals surface area contributed by atoms with Crippen molar-refractivity contribution in [2.24, 2.45) is 0 Å². The molecule has 0 spiro atoms. The molecule has 0 saturated heterocycles. The molecule has 3 nitrogen and oxygen atoms in total. The van der Waals surface area contributed by atoms with E-state index in [1.807, 2.05) is 6.08 Å². The molecule has 0 heterocycles. The maximum absolute atomic E-state index is 9.22. The Labute approximate surface area is 163 Å². The van der Waals surface area contributed by atoms with Crippen LogP contribution < -0.4 is 0 Å². The second-order valence-electron chi connectivity index (χ2n) is 7.69. The third-order valence-corrected chi connectivity index (χ3v) is 5.37. The van der Waals surface area contributed by atoms with Gasteiger partial charge >= 0.3 is 0 Å². The van der Waals surface area contributed by atoms with Crippen LogP contribution in [0.1, 0.15) is 103 Å². The SMILES string of the molecule is C=CCC(CCCCCCCCCCCCCCC)N(CCO)CCO. The normalized spacial score (nSPS) is 12.6. The van der Waals surface area contributed by atoms with Crippen molar-refractivity contribution < 1.29 is 10.2 Å². The Kier molecular flexibility index (Phi) is 20.6. The first-order valence-electron chi connectivity index (χ1n) is 11.4. The number of aliphatic hydroxyl groups is 2. The fourth-order valence-corrected chi connectivity index (χ4v) is 3.77. The Balaban J connectivity index is 3.59. The van der Waals surface area contributed by atoms with Crippen molar-refractivity contribution in [3.63, 3.8) is 0 Å². The highest BCUT2D eigenvalue weighted by Gasteiger charge is 2.15. The first kappa shape index (κ1) is 25.6. The van der Waals surface area contributed by atoms with E-state index in [1.165, 1.54) is 83.5 Å². The predicted molar refractivity (Wildman–Crippen MR) is 115 cm³/mol. The Bertz CT molecular complexity index is 277. The van der Waals surface area contributed by atoms with Crippen molar-refractivity contribution in [2.45, 2.75) is 109 Å². The molecule has 0 aromatic heterocycles. The molecule has 0 aliphatic rings. The Hall–Kier alpha value is -0.380. The molecule has 0 aliphatic carbocycles. The average molecular weight is 370 g/mol. The zero-order valence-electron chi connectivity index (χ0n) is 17.6. The average Bonchev–Trinajstić information content (AvgIpc) is 2.64. The van der Waals surface area contributed by atoms with Gasteiger partial charge in [-0.1, -0.05) is 96.5 Å². The second-order valence-corrected chi connectivity index (χ2v) is 7.69. The van der Waals surface area contributed by atoms with Gasteiger partial charge in [-0.15, -0.1) is 6.58 Å². The van der Waals surface area contributed by atoms with E-state index in [9.17, 15) is 10.2 Å². The molecule has 0 fully saturated rings. The van der Waals surface area contributed by atoms with E-state index < -0.39 is 0 Å². The van der Waals surface area contributed by atoms with Crippen LogP contribution in [0.3, 0.4) is 0 Å². The molecule has 0 radical (unpaired) electrons. The quantitative estimate of drug-likeness (QED) is 0.201. The fraction of sp³-hybridized carbons (Fsp3) is 0.913. The van der Waals surface area contributed by atoms with Gasteiger partial charge in [0.25, 0.3) is 0 Å². The maximum atomic E-state index is 9.22. The van der Waals surface area contributed by atoms with Crippen LogP contribution >= 0.6 is 0 Å². The molecule has 0 aromatic rings. The molecule has 156 valence electrons. The number of hydrogen-bond donors (Lipinski definition) is 2. The minimum Gasteiger partial charge on any atom is -0.395 e. The van der Waals surface area contributed by atoms with Crippen molar-refractivity contribution in [1.29, 1.82) is 0 Å². The van der Waals surface area contributed by atoms with Crippen molar-refractivity contribution in [3.05, 3.63) is 12.7 Å². The van der Waals surface area contributed by atoms with Gasteiger partial charge in [-0.3, -0.25) is 4.90 Å². The highest BCUT2D eigenvalue weighted by atomic mass is 16.3. The van der Waals surface area contributed by atoms with Gasteiger partial charge in [0.1, 0.15) is 0 Å². The molecule has 0 bridgehead atoms. The Morgan fingerprint density at radius 3 is 1.54 bits per heavy atom. The van der Waals surface area contributed by atoms with Crippen LogP contribution in [0.4, 0.5) is 0 Å². The summed E-state index contributed by atoms with van der Waals surface area (Å²) in [6.07, 6.45) is 22.0. The standard InChI is InChI=1S/C23H47NO2/c1-3-5-6-7-8-9-10-11-12-13-14-15-16-18-23(17-4-2)24(19-21-25)20-22-26/h4,23,25-26H,2-3,5-22H2,1H3. The number of hydrogen-bond acceptors (Lipinski definition) is 3. The van der Waals surface area contributed by atoms with E-state index in [0.29, 0.717) is 19.1 Å². The molecule has 2 N–H and O–H groups in total. The van der Waals surface area contributed by atoms with Crippen LogP contribution in [0, 0.1) is 0 Å². The molecule has 1 atom stereocenters. The molecule has 0 aromatic carbocycles. The minimum atomic E-state index is 0.159. The van der Waals surface area contributed by atoms with Crippen LogP contribution in [0.2, 0.25) is 0 Å². The fourth-order valence-electron chi connectivity index (χ4n) is 3.77. The first-order chi connectivity index (χ1) is 12.8. The lowest BCUT2D eigenvalue weighted by Crippen LogP contribution is -2.39. The lowest BCUT2D eigenvalue weighted by molar-refractivity contribution is 0.116. The molecule has 3 heteroatoms. The van der Waals surface area contributed by atoms with Crippen LogP contribution in [0.25, 0.3) is 0 Å². The molecular formula is C23H47NO2. The summed E-state index contributed by atoms with van der Waals surface area (Å²) >= 11 is 0.